The molecule has 2 aromatic rings. The van der Waals surface area contributed by atoms with Gasteiger partial charge in [-0.3, -0.25) is 23.6 Å². The number of hydrogen-bond acceptors (Lipinski definition) is 11. The van der Waals surface area contributed by atoms with Crippen LogP contribution in [0.2, 0.25) is 5.02 Å². The summed E-state index contributed by atoms with van der Waals surface area (Å²) in [6, 6.07) is 2.85. The van der Waals surface area contributed by atoms with E-state index < -0.39 is 69.4 Å². The first-order valence-electron chi connectivity index (χ1n) is 18.2. The third-order valence-corrected chi connectivity index (χ3v) is 11.8. The van der Waals surface area contributed by atoms with Crippen LogP contribution in [0.5, 0.6) is 11.5 Å². The van der Waals surface area contributed by atoms with Crippen LogP contribution in [0.4, 0.5) is 4.79 Å². The summed E-state index contributed by atoms with van der Waals surface area (Å²) in [4.78, 5) is 61.2. The van der Waals surface area contributed by atoms with Crippen molar-refractivity contribution in [1.29, 1.82) is 0 Å². The number of fused-ring (bicyclic) bond motifs is 1. The molecule has 4 amide bonds. The zero-order valence-electron chi connectivity index (χ0n) is 30.6. The van der Waals surface area contributed by atoms with Crippen molar-refractivity contribution in [2.24, 2.45) is 11.3 Å². The fourth-order valence-electron chi connectivity index (χ4n) is 7.26. The van der Waals surface area contributed by atoms with Gasteiger partial charge in [0.25, 0.3) is 5.91 Å². The highest BCUT2D eigenvalue weighted by molar-refractivity contribution is 7.85. The van der Waals surface area contributed by atoms with Crippen molar-refractivity contribution in [3.05, 3.63) is 29.4 Å². The molecule has 0 radical (unpaired) electrons. The SMILES string of the molecule is CC[C@H]1C[C@]1(NC(=O)C1CC(Oc2ccnc3c(Cl)c(OC)ccc23)CN1C(=O)C(NC(=O)OC1CCCC1)C(C)(C)C)C(=O)NS(=O)(=O)OC1CC1. The predicted octanol–water partition coefficient (Wildman–Crippen LogP) is 4.15. The van der Waals surface area contributed by atoms with Crippen LogP contribution in [0.15, 0.2) is 24.4 Å². The van der Waals surface area contributed by atoms with Gasteiger partial charge in [0, 0.05) is 18.0 Å². The number of halogens is 1. The molecule has 3 unspecified atom stereocenters. The normalized spacial score (nSPS) is 25.1. The Bertz CT molecular complexity index is 1860. The molecule has 1 aromatic carbocycles. The number of ether oxygens (including phenoxy) is 3. The van der Waals surface area contributed by atoms with E-state index in [9.17, 15) is 27.6 Å². The number of aromatic nitrogens is 1. The third-order valence-electron chi connectivity index (χ3n) is 10.4. The molecule has 2 heterocycles. The number of carbonyl (C=O) groups is 4. The maximum absolute atomic E-state index is 14.5. The molecule has 6 rings (SSSR count). The molecule has 5 atom stereocenters. The molecule has 53 heavy (non-hydrogen) atoms. The lowest BCUT2D eigenvalue weighted by molar-refractivity contribution is -0.143. The van der Waals surface area contributed by atoms with Gasteiger partial charge in [-0.25, -0.2) is 9.52 Å². The minimum Gasteiger partial charge on any atom is -0.495 e. The lowest BCUT2D eigenvalue weighted by Gasteiger charge is -2.35. The van der Waals surface area contributed by atoms with Gasteiger partial charge >= 0.3 is 16.4 Å². The number of rotatable bonds is 13. The fourth-order valence-corrected chi connectivity index (χ4v) is 8.56. The van der Waals surface area contributed by atoms with Crippen LogP contribution in [0.25, 0.3) is 10.9 Å². The molecular weight excluding hydrogens is 730 g/mol. The second kappa shape index (κ2) is 15.1. The highest BCUT2D eigenvalue weighted by Crippen LogP contribution is 2.47. The summed E-state index contributed by atoms with van der Waals surface area (Å²) >= 11 is 6.54. The van der Waals surface area contributed by atoms with Gasteiger partial charge in [-0.15, -0.1) is 0 Å². The van der Waals surface area contributed by atoms with E-state index in [2.05, 4.69) is 15.6 Å². The molecule has 15 nitrogen and oxygen atoms in total. The smallest absolute Gasteiger partial charge is 0.408 e. The molecule has 1 aromatic heterocycles. The Labute approximate surface area is 314 Å². The number of benzene rings is 1. The average Bonchev–Trinajstić information content (AvgIpc) is 3.92. The Hall–Kier alpha value is -3.89. The van der Waals surface area contributed by atoms with Crippen molar-refractivity contribution >= 4 is 56.6 Å². The van der Waals surface area contributed by atoms with Crippen LogP contribution in [0.3, 0.4) is 0 Å². The molecular formula is C36H48ClN5O10S. The minimum atomic E-state index is -4.40. The molecule has 3 aliphatic carbocycles. The molecule has 1 saturated heterocycles. The molecule has 4 aliphatic rings. The second-order valence-electron chi connectivity index (χ2n) is 15.5. The zero-order valence-corrected chi connectivity index (χ0v) is 32.2. The molecule has 4 fully saturated rings. The van der Waals surface area contributed by atoms with Gasteiger partial charge in [-0.05, 0) is 74.5 Å². The summed E-state index contributed by atoms with van der Waals surface area (Å²) in [6.07, 6.45) is 4.64. The van der Waals surface area contributed by atoms with Gasteiger partial charge in [0.05, 0.1) is 25.3 Å². The summed E-state index contributed by atoms with van der Waals surface area (Å²) < 4.78 is 49.6. The Balaban J connectivity index is 1.27. The Morgan fingerprint density at radius 3 is 2.38 bits per heavy atom. The standard InChI is InChI=1S/C36H48ClN5O10S/c1-6-20-18-36(20,33(45)41-53(47,48)52-22-11-12-22)40-31(43)25-17-23(50-26-15-16-38-29-24(26)13-14-27(49-5)28(29)37)19-42(25)32(44)30(35(2,3)4)39-34(46)51-21-9-7-8-10-21/h13-16,20-23,25,30H,6-12,17-19H2,1-5H3,(H,39,46)(H,40,43)(H,41,45)/t20-,23?,25?,30?,36+/m0/s1. The van der Waals surface area contributed by atoms with Gasteiger partial charge in [-0.2, -0.15) is 8.42 Å². The van der Waals surface area contributed by atoms with Crippen LogP contribution in [0.1, 0.15) is 85.5 Å². The third kappa shape index (κ3) is 8.59. The van der Waals surface area contributed by atoms with E-state index in [4.69, 9.17) is 30.0 Å². The van der Waals surface area contributed by atoms with Gasteiger partial charge in [0.2, 0.25) is 11.8 Å². The lowest BCUT2D eigenvalue weighted by atomic mass is 9.85. The number of nitrogens with one attached hydrogen (secondary N) is 3. The van der Waals surface area contributed by atoms with E-state index in [0.717, 1.165) is 25.7 Å². The lowest BCUT2D eigenvalue weighted by Crippen LogP contribution is -2.60. The van der Waals surface area contributed by atoms with E-state index in [-0.39, 0.29) is 31.4 Å². The van der Waals surface area contributed by atoms with E-state index >= 15 is 0 Å². The first-order chi connectivity index (χ1) is 25.0. The molecule has 17 heteroatoms. The largest absolute Gasteiger partial charge is 0.495 e. The maximum atomic E-state index is 14.5. The maximum Gasteiger partial charge on any atom is 0.408 e. The monoisotopic (exact) mass is 777 g/mol. The number of amides is 4. The van der Waals surface area contributed by atoms with Crippen molar-refractivity contribution in [1.82, 2.24) is 25.2 Å². The molecule has 290 valence electrons. The Kier molecular flexibility index (Phi) is 11.1. The number of carbonyl (C=O) groups excluding carboxylic acids is 4. The van der Waals surface area contributed by atoms with Crippen LogP contribution >= 0.6 is 11.6 Å². The fraction of sp³-hybridized carbons (Fsp3) is 0.639. The van der Waals surface area contributed by atoms with E-state index in [1.54, 1.807) is 39.0 Å². The van der Waals surface area contributed by atoms with Crippen molar-refractivity contribution in [3.8, 4) is 11.5 Å². The van der Waals surface area contributed by atoms with Gasteiger partial charge in [-0.1, -0.05) is 45.7 Å². The second-order valence-corrected chi connectivity index (χ2v) is 17.2. The van der Waals surface area contributed by atoms with Crippen molar-refractivity contribution in [2.75, 3.05) is 13.7 Å². The molecule has 3 saturated carbocycles. The van der Waals surface area contributed by atoms with Crippen molar-refractivity contribution in [2.45, 2.75) is 121 Å². The minimum absolute atomic E-state index is 0.0201. The average molecular weight is 778 g/mol. The summed E-state index contributed by atoms with van der Waals surface area (Å²) in [5.74, 6) is -1.61. The van der Waals surface area contributed by atoms with Gasteiger partial charge < -0.3 is 29.7 Å². The van der Waals surface area contributed by atoms with Gasteiger partial charge in [0.1, 0.15) is 46.4 Å². The van der Waals surface area contributed by atoms with Crippen LogP contribution < -0.4 is 24.8 Å². The first kappa shape index (κ1) is 38.8. The quantitative estimate of drug-likeness (QED) is 0.265. The number of hydrogen-bond donors (Lipinski definition) is 3. The molecule has 0 bridgehead atoms. The Morgan fingerprint density at radius 2 is 1.75 bits per heavy atom. The van der Waals surface area contributed by atoms with Crippen molar-refractivity contribution in [3.63, 3.8) is 0 Å². The van der Waals surface area contributed by atoms with Crippen LogP contribution in [-0.4, -0.2) is 91.7 Å². The van der Waals surface area contributed by atoms with E-state index in [1.165, 1.54) is 18.2 Å². The summed E-state index contributed by atoms with van der Waals surface area (Å²) in [7, 11) is -2.90. The number of alkyl carbamates (subject to hydrolysis) is 1. The van der Waals surface area contributed by atoms with E-state index in [1.807, 2.05) is 11.6 Å². The highest BCUT2D eigenvalue weighted by atomic mass is 35.5. The van der Waals surface area contributed by atoms with Crippen LogP contribution in [-0.2, 0) is 33.6 Å². The number of methoxy groups -OCH3 is 1. The Morgan fingerprint density at radius 1 is 1.04 bits per heavy atom. The van der Waals surface area contributed by atoms with Crippen molar-refractivity contribution < 1.29 is 46.0 Å². The summed E-state index contributed by atoms with van der Waals surface area (Å²) in [6.45, 7) is 7.18. The van der Waals surface area contributed by atoms with Crippen LogP contribution in [0, 0.1) is 11.3 Å². The number of nitrogens with zero attached hydrogens (tertiary/aromatic N) is 2. The molecule has 0 spiro atoms. The summed E-state index contributed by atoms with van der Waals surface area (Å²) in [5, 5.41) is 6.46. The predicted molar refractivity (Wildman–Crippen MR) is 193 cm³/mol. The van der Waals surface area contributed by atoms with E-state index in [0.29, 0.717) is 46.7 Å². The van der Waals surface area contributed by atoms with Gasteiger partial charge in [0.15, 0.2) is 0 Å². The topological polar surface area (TPSA) is 192 Å². The molecule has 3 N–H and O–H groups in total. The highest BCUT2D eigenvalue weighted by Gasteiger charge is 2.62. The zero-order chi connectivity index (χ0) is 38.3. The number of likely N-dealkylation sites (tertiary alicyclic amines) is 1. The molecule has 1 aliphatic heterocycles. The first-order valence-corrected chi connectivity index (χ1v) is 20.0. The summed E-state index contributed by atoms with van der Waals surface area (Å²) in [5.41, 5.74) is -1.89. The number of pyridine rings is 1.